The lowest BCUT2D eigenvalue weighted by molar-refractivity contribution is 1.14. The van der Waals surface area contributed by atoms with Crippen molar-refractivity contribution in [3.63, 3.8) is 0 Å². The topological polar surface area (TPSA) is 37.8 Å². The fourth-order valence-corrected chi connectivity index (χ4v) is 4.16. The zero-order chi connectivity index (χ0) is 18.1. The van der Waals surface area contributed by atoms with Gasteiger partial charge in [-0.15, -0.1) is 11.3 Å². The van der Waals surface area contributed by atoms with Crippen molar-refractivity contribution in [2.75, 3.05) is 5.32 Å². The molecular weight excluding hydrogens is 362 g/mol. The maximum Gasteiger partial charge on any atom is 0.225 e. The first-order chi connectivity index (χ1) is 12.6. The van der Waals surface area contributed by atoms with Gasteiger partial charge in [0.1, 0.15) is 10.6 Å². The molecule has 0 saturated heterocycles. The van der Waals surface area contributed by atoms with Crippen molar-refractivity contribution in [2.45, 2.75) is 20.3 Å². The third-order valence-electron chi connectivity index (χ3n) is 4.36. The van der Waals surface area contributed by atoms with E-state index in [1.165, 1.54) is 11.1 Å². The van der Waals surface area contributed by atoms with Crippen LogP contribution >= 0.6 is 22.9 Å². The smallest absolute Gasteiger partial charge is 0.225 e. The summed E-state index contributed by atoms with van der Waals surface area (Å²) in [5.41, 5.74) is 5.78. The van der Waals surface area contributed by atoms with Gasteiger partial charge in [0.2, 0.25) is 5.28 Å². The van der Waals surface area contributed by atoms with Crippen LogP contribution in [0.3, 0.4) is 0 Å². The number of nitrogens with one attached hydrogen (secondary N) is 1. The van der Waals surface area contributed by atoms with Crippen LogP contribution in [0.4, 0.5) is 11.5 Å². The van der Waals surface area contributed by atoms with Crippen molar-refractivity contribution in [3.05, 3.63) is 70.3 Å². The van der Waals surface area contributed by atoms with Crippen molar-refractivity contribution in [1.29, 1.82) is 0 Å². The van der Waals surface area contributed by atoms with Crippen LogP contribution in [0.1, 0.15) is 18.1 Å². The second-order valence-electron chi connectivity index (χ2n) is 6.22. The van der Waals surface area contributed by atoms with Gasteiger partial charge in [-0.25, -0.2) is 4.98 Å². The van der Waals surface area contributed by atoms with Crippen LogP contribution in [-0.4, -0.2) is 9.97 Å². The molecule has 1 N–H and O–H groups in total. The molecule has 2 aromatic heterocycles. The van der Waals surface area contributed by atoms with Crippen LogP contribution in [-0.2, 0) is 6.42 Å². The molecule has 0 fully saturated rings. The molecule has 130 valence electrons. The van der Waals surface area contributed by atoms with E-state index in [0.29, 0.717) is 0 Å². The monoisotopic (exact) mass is 379 g/mol. The first-order valence-electron chi connectivity index (χ1n) is 8.52. The Hall–Kier alpha value is -2.43. The number of anilines is 2. The maximum absolute atomic E-state index is 6.16. The van der Waals surface area contributed by atoms with E-state index >= 15 is 0 Å². The highest BCUT2D eigenvalue weighted by atomic mass is 35.5. The van der Waals surface area contributed by atoms with E-state index < -0.39 is 0 Å². The lowest BCUT2D eigenvalue weighted by Crippen LogP contribution is -1.97. The molecule has 4 rings (SSSR count). The number of halogens is 1. The van der Waals surface area contributed by atoms with E-state index in [-0.39, 0.29) is 5.28 Å². The normalized spacial score (nSPS) is 11.0. The number of nitrogens with zero attached hydrogens (tertiary/aromatic N) is 2. The quantitative estimate of drug-likeness (QED) is 0.404. The number of rotatable bonds is 4. The van der Waals surface area contributed by atoms with Gasteiger partial charge in [-0.05, 0) is 53.8 Å². The molecule has 0 bridgehead atoms. The third-order valence-corrected chi connectivity index (χ3v) is 5.40. The Kier molecular flexibility index (Phi) is 4.62. The Morgan fingerprint density at radius 3 is 2.62 bits per heavy atom. The summed E-state index contributed by atoms with van der Waals surface area (Å²) in [7, 11) is 0. The molecule has 0 spiro atoms. The molecule has 3 nitrogen and oxygen atoms in total. The molecular formula is C21H18ClN3S. The number of hydrogen-bond acceptors (Lipinski definition) is 4. The number of benzene rings is 2. The maximum atomic E-state index is 6.16. The molecule has 2 heterocycles. The van der Waals surface area contributed by atoms with Gasteiger partial charge in [-0.2, -0.15) is 4.98 Å². The predicted octanol–water partition coefficient (Wildman–Crippen LogP) is 6.63. The largest absolute Gasteiger partial charge is 0.340 e. The molecule has 0 saturated carbocycles. The summed E-state index contributed by atoms with van der Waals surface area (Å²) in [6.07, 6.45) is 1.03. The van der Waals surface area contributed by atoms with Gasteiger partial charge in [0.25, 0.3) is 0 Å². The summed E-state index contributed by atoms with van der Waals surface area (Å²) in [6, 6.07) is 16.9. The molecule has 5 heteroatoms. The van der Waals surface area contributed by atoms with Crippen LogP contribution < -0.4 is 5.32 Å². The number of fused-ring (bicyclic) bond motifs is 1. The van der Waals surface area contributed by atoms with Gasteiger partial charge in [-0.1, -0.05) is 43.3 Å². The minimum Gasteiger partial charge on any atom is -0.340 e. The average Bonchev–Trinajstić information content (AvgIpc) is 3.06. The molecule has 0 unspecified atom stereocenters. The van der Waals surface area contributed by atoms with Crippen LogP contribution in [0, 0.1) is 6.92 Å². The van der Waals surface area contributed by atoms with Gasteiger partial charge < -0.3 is 5.32 Å². The highest BCUT2D eigenvalue weighted by molar-refractivity contribution is 7.17. The molecule has 0 aliphatic heterocycles. The standard InChI is InChI=1S/C21H18ClN3S/c1-3-14-7-9-15(10-8-14)17-12-26-20-18(17)19(24-21(22)25-20)23-16-6-4-5-13(2)11-16/h4-12H,3H2,1-2H3,(H,23,24,25). The van der Waals surface area contributed by atoms with E-state index in [2.05, 4.69) is 70.9 Å². The average molecular weight is 380 g/mol. The van der Waals surface area contributed by atoms with Crippen molar-refractivity contribution in [2.24, 2.45) is 0 Å². The van der Waals surface area contributed by atoms with Crippen LogP contribution in [0.25, 0.3) is 21.3 Å². The first kappa shape index (κ1) is 17.0. The molecule has 2 aromatic carbocycles. The SMILES string of the molecule is CCc1ccc(-c2csc3nc(Cl)nc(Nc4cccc(C)c4)c23)cc1. The van der Waals surface area contributed by atoms with Gasteiger partial charge in [0.05, 0.1) is 5.39 Å². The van der Waals surface area contributed by atoms with E-state index in [9.17, 15) is 0 Å². The second kappa shape index (κ2) is 7.06. The van der Waals surface area contributed by atoms with Gasteiger partial charge in [0, 0.05) is 16.6 Å². The summed E-state index contributed by atoms with van der Waals surface area (Å²) < 4.78 is 0. The van der Waals surface area contributed by atoms with Gasteiger partial charge >= 0.3 is 0 Å². The lowest BCUT2D eigenvalue weighted by atomic mass is 10.0. The van der Waals surface area contributed by atoms with Crippen LogP contribution in [0.2, 0.25) is 5.28 Å². The van der Waals surface area contributed by atoms with E-state index in [1.807, 2.05) is 12.1 Å². The molecule has 0 amide bonds. The summed E-state index contributed by atoms with van der Waals surface area (Å²) in [6.45, 7) is 4.23. The zero-order valence-corrected chi connectivity index (χ0v) is 16.2. The minimum absolute atomic E-state index is 0.252. The molecule has 0 aliphatic carbocycles. The molecule has 0 radical (unpaired) electrons. The Balaban J connectivity index is 1.84. The highest BCUT2D eigenvalue weighted by Crippen LogP contribution is 2.38. The summed E-state index contributed by atoms with van der Waals surface area (Å²) in [5, 5.41) is 6.80. The summed E-state index contributed by atoms with van der Waals surface area (Å²) >= 11 is 7.75. The van der Waals surface area contributed by atoms with Gasteiger partial charge in [0.15, 0.2) is 0 Å². The predicted molar refractivity (Wildman–Crippen MR) is 112 cm³/mol. The van der Waals surface area contributed by atoms with Gasteiger partial charge in [-0.3, -0.25) is 0 Å². The number of thiophene rings is 1. The minimum atomic E-state index is 0.252. The summed E-state index contributed by atoms with van der Waals surface area (Å²) in [4.78, 5) is 9.76. The van der Waals surface area contributed by atoms with Crippen molar-refractivity contribution >= 4 is 44.7 Å². The van der Waals surface area contributed by atoms with Crippen LogP contribution in [0.15, 0.2) is 53.9 Å². The van der Waals surface area contributed by atoms with Crippen molar-refractivity contribution in [1.82, 2.24) is 9.97 Å². The molecule has 4 aromatic rings. The van der Waals surface area contributed by atoms with Crippen molar-refractivity contribution < 1.29 is 0 Å². The second-order valence-corrected chi connectivity index (χ2v) is 7.41. The first-order valence-corrected chi connectivity index (χ1v) is 9.77. The Bertz CT molecular complexity index is 1070. The van der Waals surface area contributed by atoms with E-state index in [0.717, 1.165) is 39.3 Å². The lowest BCUT2D eigenvalue weighted by Gasteiger charge is -2.10. The molecule has 26 heavy (non-hydrogen) atoms. The Labute approximate surface area is 161 Å². The van der Waals surface area contributed by atoms with E-state index in [4.69, 9.17) is 11.6 Å². The van der Waals surface area contributed by atoms with E-state index in [1.54, 1.807) is 11.3 Å². The summed E-state index contributed by atoms with van der Waals surface area (Å²) in [5.74, 6) is 0.737. The third kappa shape index (κ3) is 3.30. The number of aryl methyl sites for hydroxylation is 2. The molecule has 0 atom stereocenters. The van der Waals surface area contributed by atoms with Crippen LogP contribution in [0.5, 0.6) is 0 Å². The molecule has 0 aliphatic rings. The zero-order valence-electron chi connectivity index (χ0n) is 14.6. The number of hydrogen-bond donors (Lipinski definition) is 1. The fraction of sp³-hybridized carbons (Fsp3) is 0.143. The Morgan fingerprint density at radius 1 is 1.08 bits per heavy atom. The highest BCUT2D eigenvalue weighted by Gasteiger charge is 2.15. The number of aromatic nitrogens is 2. The fourth-order valence-electron chi connectivity index (χ4n) is 3.00. The van der Waals surface area contributed by atoms with Crippen molar-refractivity contribution in [3.8, 4) is 11.1 Å². The Morgan fingerprint density at radius 2 is 1.88 bits per heavy atom.